The molecule has 0 N–H and O–H groups in total. The lowest BCUT2D eigenvalue weighted by atomic mass is 10.3. The zero-order chi connectivity index (χ0) is 9.80. The Balaban J connectivity index is 2.07. The summed E-state index contributed by atoms with van der Waals surface area (Å²) in [6.07, 6.45) is 0. The minimum atomic E-state index is 0.913. The highest BCUT2D eigenvalue weighted by atomic mass is 32.2. The van der Waals surface area contributed by atoms with Crippen LogP contribution in [0.1, 0.15) is 0 Å². The largest absolute Gasteiger partial charge is 0.370 e. The summed E-state index contributed by atoms with van der Waals surface area (Å²) >= 11 is 2.06. The van der Waals surface area contributed by atoms with Crippen LogP contribution >= 0.6 is 20.3 Å². The van der Waals surface area contributed by atoms with Crippen molar-refractivity contribution in [3.63, 3.8) is 0 Å². The Labute approximate surface area is 92.0 Å². The molecule has 0 saturated carbocycles. The van der Waals surface area contributed by atoms with Crippen LogP contribution in [-0.4, -0.2) is 31.3 Å². The van der Waals surface area contributed by atoms with Gasteiger partial charge in [0.15, 0.2) is 0 Å². The zero-order valence-corrected chi connectivity index (χ0v) is 10.3. The van der Waals surface area contributed by atoms with Gasteiger partial charge in [-0.25, -0.2) is 0 Å². The predicted octanol–water partition coefficient (Wildman–Crippen LogP) is 2.17. The molecule has 2 rings (SSSR count). The Kier molecular flexibility index (Phi) is 3.72. The van der Waals surface area contributed by atoms with E-state index < -0.39 is 0 Å². The monoisotopic (exact) mass is 225 g/mol. The predicted molar refractivity (Wildman–Crippen MR) is 69.9 cm³/mol. The Morgan fingerprint density at radius 2 is 1.79 bits per heavy atom. The third kappa shape index (κ3) is 2.43. The smallest absolute Gasteiger partial charge is 0.0367 e. The van der Waals surface area contributed by atoms with E-state index in [4.69, 9.17) is 0 Å². The maximum atomic E-state index is 2.49. The fourth-order valence-corrected chi connectivity index (χ4v) is 3.06. The molecule has 1 fully saturated rings. The van der Waals surface area contributed by atoms with Gasteiger partial charge < -0.3 is 4.90 Å². The lowest BCUT2D eigenvalue weighted by Gasteiger charge is -2.28. The van der Waals surface area contributed by atoms with E-state index in [1.54, 1.807) is 0 Å². The number of hydrogen-bond donors (Lipinski definition) is 0. The molecular formula is C11H16NPS. The number of benzene rings is 1. The van der Waals surface area contributed by atoms with Crippen LogP contribution in [0.4, 0.5) is 5.69 Å². The minimum absolute atomic E-state index is 0.913. The summed E-state index contributed by atoms with van der Waals surface area (Å²) in [5.74, 6) is 2.55. The molecule has 0 aliphatic carbocycles. The molecular weight excluding hydrogens is 209 g/mol. The summed E-state index contributed by atoms with van der Waals surface area (Å²) in [7, 11) is 0.913. The molecule has 1 aliphatic rings. The third-order valence-electron chi connectivity index (χ3n) is 2.53. The van der Waals surface area contributed by atoms with Gasteiger partial charge in [0.05, 0.1) is 0 Å². The quantitative estimate of drug-likeness (QED) is 0.710. The second-order valence-corrected chi connectivity index (χ2v) is 5.70. The number of hydrogen-bond acceptors (Lipinski definition) is 2. The molecule has 0 amide bonds. The standard InChI is InChI=1S/C11H16NPS/c1-13-11-4-2-10(3-5-11)12-6-8-14-9-7-12/h2-5,13H,6-9H2,1H3. The summed E-state index contributed by atoms with van der Waals surface area (Å²) in [6, 6.07) is 9.05. The van der Waals surface area contributed by atoms with Gasteiger partial charge in [0, 0.05) is 30.3 Å². The van der Waals surface area contributed by atoms with Gasteiger partial charge in [-0.05, 0) is 24.1 Å². The van der Waals surface area contributed by atoms with Crippen LogP contribution in [-0.2, 0) is 0 Å². The van der Waals surface area contributed by atoms with Crippen molar-refractivity contribution in [1.29, 1.82) is 0 Å². The van der Waals surface area contributed by atoms with E-state index in [9.17, 15) is 0 Å². The topological polar surface area (TPSA) is 3.24 Å². The molecule has 0 radical (unpaired) electrons. The average Bonchev–Trinajstić information content (AvgIpc) is 2.30. The van der Waals surface area contributed by atoms with Gasteiger partial charge in [-0.15, -0.1) is 0 Å². The highest BCUT2D eigenvalue weighted by Gasteiger charge is 2.10. The van der Waals surface area contributed by atoms with Crippen LogP contribution in [0, 0.1) is 0 Å². The van der Waals surface area contributed by atoms with E-state index in [2.05, 4.69) is 47.6 Å². The molecule has 1 heterocycles. The van der Waals surface area contributed by atoms with Crippen molar-refractivity contribution in [1.82, 2.24) is 0 Å². The second kappa shape index (κ2) is 5.04. The van der Waals surface area contributed by atoms with Crippen LogP contribution in [0.25, 0.3) is 0 Å². The fraction of sp³-hybridized carbons (Fsp3) is 0.455. The molecule has 1 unspecified atom stereocenters. The van der Waals surface area contributed by atoms with Gasteiger partial charge in [0.1, 0.15) is 0 Å². The maximum Gasteiger partial charge on any atom is 0.0367 e. The molecule has 1 nitrogen and oxygen atoms in total. The second-order valence-electron chi connectivity index (χ2n) is 3.40. The molecule has 1 aliphatic heterocycles. The van der Waals surface area contributed by atoms with Crippen LogP contribution < -0.4 is 10.2 Å². The van der Waals surface area contributed by atoms with E-state index in [0.29, 0.717) is 0 Å². The number of anilines is 1. The van der Waals surface area contributed by atoms with Gasteiger partial charge in [-0.1, -0.05) is 20.7 Å². The van der Waals surface area contributed by atoms with Gasteiger partial charge in [0.25, 0.3) is 0 Å². The molecule has 0 aromatic heterocycles. The maximum absolute atomic E-state index is 2.49. The first-order valence-electron chi connectivity index (χ1n) is 5.00. The number of rotatable bonds is 2. The summed E-state index contributed by atoms with van der Waals surface area (Å²) in [6.45, 7) is 4.64. The SMILES string of the molecule is CPc1ccc(N2CCSCC2)cc1. The molecule has 1 aromatic carbocycles. The Morgan fingerprint density at radius 3 is 2.36 bits per heavy atom. The van der Waals surface area contributed by atoms with Crippen molar-refractivity contribution in [2.24, 2.45) is 0 Å². The van der Waals surface area contributed by atoms with Crippen molar-refractivity contribution in [3.05, 3.63) is 24.3 Å². The lowest BCUT2D eigenvalue weighted by molar-refractivity contribution is 0.859. The van der Waals surface area contributed by atoms with E-state index >= 15 is 0 Å². The van der Waals surface area contributed by atoms with Crippen molar-refractivity contribution in [2.75, 3.05) is 36.2 Å². The summed E-state index contributed by atoms with van der Waals surface area (Å²) in [5, 5.41) is 1.46. The zero-order valence-electron chi connectivity index (χ0n) is 8.49. The summed E-state index contributed by atoms with van der Waals surface area (Å²) in [4.78, 5) is 2.49. The lowest BCUT2D eigenvalue weighted by Crippen LogP contribution is -2.32. The molecule has 14 heavy (non-hydrogen) atoms. The molecule has 76 valence electrons. The summed E-state index contributed by atoms with van der Waals surface area (Å²) < 4.78 is 0. The van der Waals surface area contributed by atoms with E-state index in [1.807, 2.05) is 0 Å². The van der Waals surface area contributed by atoms with Crippen molar-refractivity contribution in [3.8, 4) is 0 Å². The molecule has 0 spiro atoms. The molecule has 1 atom stereocenters. The van der Waals surface area contributed by atoms with Gasteiger partial charge in [-0.3, -0.25) is 0 Å². The van der Waals surface area contributed by atoms with Crippen molar-refractivity contribution < 1.29 is 0 Å². The Bertz CT molecular complexity index is 280. The normalized spacial score (nSPS) is 17.9. The van der Waals surface area contributed by atoms with E-state index in [0.717, 1.165) is 8.58 Å². The molecule has 1 saturated heterocycles. The molecule has 3 heteroatoms. The highest BCUT2D eigenvalue weighted by molar-refractivity contribution is 7.99. The van der Waals surface area contributed by atoms with Gasteiger partial charge >= 0.3 is 0 Å². The van der Waals surface area contributed by atoms with E-state index in [1.165, 1.54) is 35.6 Å². The molecule has 0 bridgehead atoms. The highest BCUT2D eigenvalue weighted by Crippen LogP contribution is 2.19. The Morgan fingerprint density at radius 1 is 1.14 bits per heavy atom. The number of thioether (sulfide) groups is 1. The van der Waals surface area contributed by atoms with Crippen LogP contribution in [0.15, 0.2) is 24.3 Å². The summed E-state index contributed by atoms with van der Waals surface area (Å²) in [5.41, 5.74) is 1.40. The first-order chi connectivity index (χ1) is 6.90. The fourth-order valence-electron chi connectivity index (χ4n) is 1.66. The van der Waals surface area contributed by atoms with Gasteiger partial charge in [-0.2, -0.15) is 11.8 Å². The van der Waals surface area contributed by atoms with Crippen LogP contribution in [0.2, 0.25) is 0 Å². The van der Waals surface area contributed by atoms with E-state index in [-0.39, 0.29) is 0 Å². The number of nitrogens with zero attached hydrogens (tertiary/aromatic N) is 1. The van der Waals surface area contributed by atoms with Crippen LogP contribution in [0.5, 0.6) is 0 Å². The first kappa shape index (κ1) is 10.3. The van der Waals surface area contributed by atoms with Crippen LogP contribution in [0.3, 0.4) is 0 Å². The average molecular weight is 225 g/mol. The van der Waals surface area contributed by atoms with Gasteiger partial charge in [0.2, 0.25) is 0 Å². The van der Waals surface area contributed by atoms with Crippen molar-refractivity contribution in [2.45, 2.75) is 0 Å². The van der Waals surface area contributed by atoms with Crippen molar-refractivity contribution >= 4 is 31.3 Å². The Hall–Kier alpha value is -0.200. The minimum Gasteiger partial charge on any atom is -0.370 e. The third-order valence-corrected chi connectivity index (χ3v) is 4.39. The first-order valence-corrected chi connectivity index (χ1v) is 7.66. The molecule has 1 aromatic rings.